The Labute approximate surface area is 233 Å². The van der Waals surface area contributed by atoms with Gasteiger partial charge in [-0.1, -0.05) is 37.1 Å². The van der Waals surface area contributed by atoms with E-state index in [9.17, 15) is 23.6 Å². The number of hydrogen-bond acceptors (Lipinski definition) is 7. The van der Waals surface area contributed by atoms with E-state index in [0.717, 1.165) is 31.2 Å². The number of nitrogens with zero attached hydrogens (tertiary/aromatic N) is 2. The maximum absolute atomic E-state index is 14.2. The van der Waals surface area contributed by atoms with E-state index in [1.807, 2.05) is 6.08 Å². The molecule has 9 nitrogen and oxygen atoms in total. The first-order valence-corrected chi connectivity index (χ1v) is 14.4. The fourth-order valence-corrected chi connectivity index (χ4v) is 6.36. The average Bonchev–Trinajstić information content (AvgIpc) is 3.24. The number of rotatable bonds is 3. The zero-order valence-electron chi connectivity index (χ0n) is 23.0. The van der Waals surface area contributed by atoms with Crippen molar-refractivity contribution in [3.05, 3.63) is 47.3 Å². The highest BCUT2D eigenvalue weighted by atomic mass is 19.1. The average molecular weight is 556 g/mol. The highest BCUT2D eigenvalue weighted by molar-refractivity contribution is 5.95. The molecule has 4 aliphatic rings. The number of nitrogens with two attached hydrogens (primary N) is 1. The number of allylic oxidation sites excluding steroid dienone is 2. The van der Waals surface area contributed by atoms with Crippen LogP contribution in [0.4, 0.5) is 9.18 Å². The molecule has 40 heavy (non-hydrogen) atoms. The molecular weight excluding hydrogens is 517 g/mol. The smallest absolute Gasteiger partial charge is 0.410 e. The molecule has 0 bridgehead atoms. The number of benzene rings is 1. The SMILES string of the molecule is CCOC(=O)[C@]12CC(=O)[C@@H]3C[C@@H](OC(=O)N4Cc5cccc(F)c5C4)CN3C(=O)[C@@H](N)CCCCC/C=C\[C@@H]1C2. The Morgan fingerprint density at radius 3 is 2.77 bits per heavy atom. The number of ketones is 1. The van der Waals surface area contributed by atoms with Crippen LogP contribution in [0.25, 0.3) is 0 Å². The molecule has 1 aliphatic carbocycles. The number of carbonyl (C=O) groups is 4. The number of amides is 2. The van der Waals surface area contributed by atoms with Gasteiger partial charge in [0.15, 0.2) is 5.78 Å². The van der Waals surface area contributed by atoms with Gasteiger partial charge in [0.05, 0.1) is 37.2 Å². The minimum atomic E-state index is -0.930. The Morgan fingerprint density at radius 2 is 2.00 bits per heavy atom. The molecule has 0 radical (unpaired) electrons. The summed E-state index contributed by atoms with van der Waals surface area (Å²) in [6.45, 7) is 2.32. The van der Waals surface area contributed by atoms with Crippen molar-refractivity contribution in [1.82, 2.24) is 9.80 Å². The lowest BCUT2D eigenvalue weighted by molar-refractivity contribution is -0.152. The van der Waals surface area contributed by atoms with Crippen LogP contribution in [0.15, 0.2) is 30.4 Å². The number of carbonyl (C=O) groups excluding carboxylic acids is 4. The summed E-state index contributed by atoms with van der Waals surface area (Å²) in [6, 6.07) is 3.12. The Kier molecular flexibility index (Phi) is 8.26. The van der Waals surface area contributed by atoms with E-state index in [1.165, 1.54) is 15.9 Å². The predicted octanol–water partition coefficient (Wildman–Crippen LogP) is 3.62. The van der Waals surface area contributed by atoms with E-state index in [-0.39, 0.29) is 62.5 Å². The van der Waals surface area contributed by atoms with E-state index < -0.39 is 35.7 Å². The largest absolute Gasteiger partial charge is 0.466 e. The monoisotopic (exact) mass is 555 g/mol. The third-order valence-electron chi connectivity index (χ3n) is 8.75. The summed E-state index contributed by atoms with van der Waals surface area (Å²) < 4.78 is 25.3. The Balaban J connectivity index is 1.33. The van der Waals surface area contributed by atoms with Crippen LogP contribution in [-0.2, 0) is 36.9 Å². The molecule has 1 saturated heterocycles. The zero-order chi connectivity index (χ0) is 28.4. The van der Waals surface area contributed by atoms with Gasteiger partial charge in [0.25, 0.3) is 0 Å². The molecule has 0 spiro atoms. The Hall–Kier alpha value is -3.27. The van der Waals surface area contributed by atoms with Crippen molar-refractivity contribution in [2.75, 3.05) is 13.2 Å². The van der Waals surface area contributed by atoms with E-state index in [0.29, 0.717) is 18.4 Å². The van der Waals surface area contributed by atoms with Crippen LogP contribution in [0.1, 0.15) is 69.4 Å². The normalized spacial score (nSPS) is 31.4. The minimum Gasteiger partial charge on any atom is -0.466 e. The summed E-state index contributed by atoms with van der Waals surface area (Å²) in [5.41, 5.74) is 6.54. The van der Waals surface area contributed by atoms with Crippen molar-refractivity contribution < 1.29 is 33.0 Å². The van der Waals surface area contributed by atoms with Crippen molar-refractivity contribution in [2.24, 2.45) is 17.1 Å². The van der Waals surface area contributed by atoms with Crippen molar-refractivity contribution in [3.63, 3.8) is 0 Å². The van der Waals surface area contributed by atoms with Gasteiger partial charge in [-0.15, -0.1) is 0 Å². The van der Waals surface area contributed by atoms with Gasteiger partial charge in [-0.25, -0.2) is 9.18 Å². The van der Waals surface area contributed by atoms with Crippen LogP contribution in [0.5, 0.6) is 0 Å². The Morgan fingerprint density at radius 1 is 1.18 bits per heavy atom. The number of hydrogen-bond donors (Lipinski definition) is 1. The van der Waals surface area contributed by atoms with E-state index in [4.69, 9.17) is 15.2 Å². The molecule has 2 N–H and O–H groups in total. The summed E-state index contributed by atoms with van der Waals surface area (Å²) in [4.78, 5) is 56.1. The molecule has 5 rings (SSSR count). The lowest BCUT2D eigenvalue weighted by atomic mass is 9.91. The Bertz CT molecular complexity index is 1200. The van der Waals surface area contributed by atoms with Crippen molar-refractivity contribution in [2.45, 2.75) is 89.6 Å². The lowest BCUT2D eigenvalue weighted by Crippen LogP contribution is -2.49. The lowest BCUT2D eigenvalue weighted by Gasteiger charge is -2.27. The highest BCUT2D eigenvalue weighted by Crippen LogP contribution is 2.57. The topological polar surface area (TPSA) is 119 Å². The maximum Gasteiger partial charge on any atom is 0.410 e. The molecular formula is C30H38FN3O6. The fourth-order valence-electron chi connectivity index (χ4n) is 6.36. The quantitative estimate of drug-likeness (QED) is 0.447. The number of Topliss-reactive ketones (excluding diaryl/α,β-unsaturated/α-hetero) is 1. The first-order valence-electron chi connectivity index (χ1n) is 14.4. The number of halogens is 1. The zero-order valence-corrected chi connectivity index (χ0v) is 23.0. The molecule has 1 saturated carbocycles. The number of ether oxygens (including phenoxy) is 2. The minimum absolute atomic E-state index is 0.0412. The third kappa shape index (κ3) is 5.64. The summed E-state index contributed by atoms with van der Waals surface area (Å²) in [5, 5.41) is 0. The number of esters is 1. The second kappa shape index (κ2) is 11.7. The van der Waals surface area contributed by atoms with Crippen LogP contribution in [0, 0.1) is 17.2 Å². The van der Waals surface area contributed by atoms with Gasteiger partial charge in [0.1, 0.15) is 11.9 Å². The van der Waals surface area contributed by atoms with Crippen molar-refractivity contribution in [3.8, 4) is 0 Å². The van der Waals surface area contributed by atoms with Gasteiger partial charge in [-0.05, 0) is 50.2 Å². The van der Waals surface area contributed by atoms with Crippen LogP contribution in [-0.4, -0.2) is 64.9 Å². The molecule has 216 valence electrons. The number of fused-ring (bicyclic) bond motifs is 3. The second-order valence-corrected chi connectivity index (χ2v) is 11.5. The molecule has 0 aromatic heterocycles. The van der Waals surface area contributed by atoms with Gasteiger partial charge in [0, 0.05) is 24.9 Å². The molecule has 0 unspecified atom stereocenters. The molecule has 3 aliphatic heterocycles. The van der Waals surface area contributed by atoms with Gasteiger partial charge in [-0.2, -0.15) is 0 Å². The third-order valence-corrected chi connectivity index (χ3v) is 8.75. The van der Waals surface area contributed by atoms with Gasteiger partial charge in [0.2, 0.25) is 5.91 Å². The molecule has 3 heterocycles. The van der Waals surface area contributed by atoms with Gasteiger partial charge < -0.3 is 20.1 Å². The highest BCUT2D eigenvalue weighted by Gasteiger charge is 2.61. The molecule has 2 amide bonds. The molecule has 1 aromatic rings. The van der Waals surface area contributed by atoms with E-state index >= 15 is 0 Å². The molecule has 5 atom stereocenters. The fraction of sp³-hybridized carbons (Fsp3) is 0.600. The van der Waals surface area contributed by atoms with Gasteiger partial charge >= 0.3 is 12.1 Å². The van der Waals surface area contributed by atoms with Crippen LogP contribution < -0.4 is 5.73 Å². The summed E-state index contributed by atoms with van der Waals surface area (Å²) in [5.74, 6) is -1.45. The van der Waals surface area contributed by atoms with Crippen molar-refractivity contribution in [1.29, 1.82) is 0 Å². The summed E-state index contributed by atoms with van der Waals surface area (Å²) in [7, 11) is 0. The van der Waals surface area contributed by atoms with E-state index in [1.54, 1.807) is 19.1 Å². The first-order chi connectivity index (χ1) is 19.2. The first kappa shape index (κ1) is 28.3. The van der Waals surface area contributed by atoms with Crippen LogP contribution >= 0.6 is 0 Å². The predicted molar refractivity (Wildman–Crippen MR) is 143 cm³/mol. The maximum atomic E-state index is 14.2. The summed E-state index contributed by atoms with van der Waals surface area (Å²) >= 11 is 0. The molecule has 2 fully saturated rings. The van der Waals surface area contributed by atoms with Gasteiger partial charge in [-0.3, -0.25) is 19.3 Å². The second-order valence-electron chi connectivity index (χ2n) is 11.5. The van der Waals surface area contributed by atoms with Crippen LogP contribution in [0.3, 0.4) is 0 Å². The molecule has 10 heteroatoms. The van der Waals surface area contributed by atoms with Crippen molar-refractivity contribution >= 4 is 23.8 Å². The summed E-state index contributed by atoms with van der Waals surface area (Å²) in [6.07, 6.45) is 7.36. The van der Waals surface area contributed by atoms with Crippen LogP contribution in [0.2, 0.25) is 0 Å². The van der Waals surface area contributed by atoms with E-state index in [2.05, 4.69) is 6.08 Å². The standard InChI is InChI=1S/C30H38FN3O6/c1-2-39-28(37)30-14-20(30)10-6-4-3-5-7-12-24(32)27(36)34-17-21(13-25(34)26(35)15-30)40-29(38)33-16-19-9-8-11-23(31)22(19)18-33/h6,8-11,20-21,24-25H,2-5,7,12-18,32H2,1H3/b10-6-/t20-,21-,24+,25+,30-/m1/s1. The molecule has 1 aromatic carbocycles.